The lowest BCUT2D eigenvalue weighted by Gasteiger charge is -2.35. The van der Waals surface area contributed by atoms with Gasteiger partial charge < -0.3 is 23.5 Å². The molecule has 1 atom stereocenters. The van der Waals surface area contributed by atoms with E-state index in [0.29, 0.717) is 41.6 Å². The van der Waals surface area contributed by atoms with Crippen molar-refractivity contribution in [2.24, 2.45) is 7.05 Å². The second-order valence-electron chi connectivity index (χ2n) is 14.5. The van der Waals surface area contributed by atoms with Crippen LogP contribution in [0.15, 0.2) is 85.5 Å². The Morgan fingerprint density at radius 2 is 1.68 bits per heavy atom. The zero-order valence-corrected chi connectivity index (χ0v) is 32.2. The molecule has 1 unspecified atom stereocenters. The highest BCUT2D eigenvalue weighted by Crippen LogP contribution is 2.36. The second-order valence-corrected chi connectivity index (χ2v) is 14.5. The van der Waals surface area contributed by atoms with Crippen LogP contribution in [0.25, 0.3) is 37.8 Å². The molecule has 9 rings (SSSR count). The monoisotopic (exact) mass is 801 g/mol. The molecule has 4 amide bonds. The van der Waals surface area contributed by atoms with Gasteiger partial charge in [-0.1, -0.05) is 18.1 Å². The minimum atomic E-state index is -1.04. The number of hydrogen-bond donors (Lipinski definition) is 1. The minimum absolute atomic E-state index is 0.0444. The van der Waals surface area contributed by atoms with E-state index in [2.05, 4.69) is 66.8 Å². The molecule has 0 spiro atoms. The van der Waals surface area contributed by atoms with Crippen LogP contribution < -0.4 is 19.5 Å². The molecule has 15 heteroatoms. The molecular formula is C45H35N7O8. The Hall–Kier alpha value is -7.62. The van der Waals surface area contributed by atoms with E-state index in [0.717, 1.165) is 37.8 Å². The summed E-state index contributed by atoms with van der Waals surface area (Å²) in [7, 11) is 2.06. The molecule has 1 saturated carbocycles. The van der Waals surface area contributed by atoms with Gasteiger partial charge in [0.25, 0.3) is 11.8 Å². The van der Waals surface area contributed by atoms with Crippen LogP contribution in [0.4, 0.5) is 5.69 Å². The van der Waals surface area contributed by atoms with Gasteiger partial charge in [-0.25, -0.2) is 14.8 Å². The van der Waals surface area contributed by atoms with Gasteiger partial charge in [-0.2, -0.15) is 0 Å². The van der Waals surface area contributed by atoms with E-state index in [4.69, 9.17) is 25.5 Å². The molecule has 0 bridgehead atoms. The topological polar surface area (TPSA) is 168 Å². The van der Waals surface area contributed by atoms with Crippen LogP contribution in [0.5, 0.6) is 17.4 Å². The molecule has 2 fully saturated rings. The Morgan fingerprint density at radius 3 is 2.50 bits per heavy atom. The van der Waals surface area contributed by atoms with Crippen molar-refractivity contribution in [2.75, 3.05) is 19.8 Å². The van der Waals surface area contributed by atoms with Crippen LogP contribution in [0.1, 0.15) is 52.1 Å². The van der Waals surface area contributed by atoms with Crippen LogP contribution in [-0.4, -0.2) is 86.1 Å². The van der Waals surface area contributed by atoms with Crippen LogP contribution >= 0.6 is 0 Å². The molecule has 1 saturated heterocycles. The maximum atomic E-state index is 13.0. The number of nitrogens with zero attached hydrogens (tertiary/aromatic N) is 6. The van der Waals surface area contributed by atoms with Gasteiger partial charge in [-0.05, 0) is 60.4 Å². The number of pyridine rings is 3. The molecule has 2 aromatic carbocycles. The van der Waals surface area contributed by atoms with E-state index in [9.17, 15) is 19.2 Å². The normalized spacial score (nSPS) is 18.3. The molecule has 4 aromatic heterocycles. The van der Waals surface area contributed by atoms with Crippen molar-refractivity contribution < 1.29 is 38.1 Å². The van der Waals surface area contributed by atoms with Crippen molar-refractivity contribution in [3.05, 3.63) is 114 Å². The number of amides is 4. The predicted octanol–water partition coefficient (Wildman–Crippen LogP) is 5.57. The van der Waals surface area contributed by atoms with Crippen LogP contribution in [0.2, 0.25) is 0 Å². The fourth-order valence-electron chi connectivity index (χ4n) is 7.60. The van der Waals surface area contributed by atoms with Gasteiger partial charge in [0.15, 0.2) is 0 Å². The van der Waals surface area contributed by atoms with Gasteiger partial charge in [0, 0.05) is 72.8 Å². The average Bonchev–Trinajstić information content (AvgIpc) is 3.67. The summed E-state index contributed by atoms with van der Waals surface area (Å²) >= 11 is 0. The first-order chi connectivity index (χ1) is 29.2. The SMILES string of the molecule is [C-]#[N+]c1cc(C#CCOCCOc2ccc3c(c2)C(=O)N(C2CCC(=O)NC2=O)C3=O)ncc1OC1CC(Oc2ccc(-c3ccc4c5cnccc5n(C)c4c3)cn2)C1. The van der Waals surface area contributed by atoms with Gasteiger partial charge in [0.05, 0.1) is 36.0 Å². The Balaban J connectivity index is 0.710. The fraction of sp³-hybridized carbons (Fsp3) is 0.244. The summed E-state index contributed by atoms with van der Waals surface area (Å²) in [6, 6.07) is 17.3. The largest absolute Gasteiger partial charge is 0.500 e. The first kappa shape index (κ1) is 37.9. The number of imide groups is 2. The number of ether oxygens (including phenoxy) is 4. The number of fused-ring (bicyclic) bond motifs is 4. The molecule has 298 valence electrons. The summed E-state index contributed by atoms with van der Waals surface area (Å²) in [5.41, 5.74) is 5.31. The highest BCUT2D eigenvalue weighted by atomic mass is 16.5. The van der Waals surface area contributed by atoms with Crippen molar-refractivity contribution in [2.45, 2.75) is 43.9 Å². The lowest BCUT2D eigenvalue weighted by atomic mass is 9.92. The number of nitrogens with one attached hydrogen (secondary N) is 1. The summed E-state index contributed by atoms with van der Waals surface area (Å²) in [5, 5.41) is 4.46. The smallest absolute Gasteiger partial charge is 0.262 e. The third kappa shape index (κ3) is 7.34. The van der Waals surface area contributed by atoms with E-state index in [1.807, 2.05) is 30.6 Å². The quantitative estimate of drug-likeness (QED) is 0.0753. The molecule has 6 heterocycles. The Labute approximate surface area is 343 Å². The molecule has 3 aliphatic rings. The average molecular weight is 802 g/mol. The van der Waals surface area contributed by atoms with E-state index >= 15 is 0 Å². The molecule has 2 aliphatic heterocycles. The zero-order valence-electron chi connectivity index (χ0n) is 32.2. The predicted molar refractivity (Wildman–Crippen MR) is 216 cm³/mol. The highest BCUT2D eigenvalue weighted by Gasteiger charge is 2.44. The highest BCUT2D eigenvalue weighted by molar-refractivity contribution is 6.23. The lowest BCUT2D eigenvalue weighted by molar-refractivity contribution is -0.136. The molecule has 6 aromatic rings. The molecule has 1 N–H and O–H groups in total. The van der Waals surface area contributed by atoms with Crippen molar-refractivity contribution in [1.29, 1.82) is 0 Å². The molecule has 0 radical (unpaired) electrons. The van der Waals surface area contributed by atoms with E-state index < -0.39 is 29.7 Å². The maximum absolute atomic E-state index is 13.0. The third-order valence-electron chi connectivity index (χ3n) is 10.8. The molecule has 15 nitrogen and oxygen atoms in total. The Bertz CT molecular complexity index is 2830. The zero-order chi connectivity index (χ0) is 41.3. The lowest BCUT2D eigenvalue weighted by Crippen LogP contribution is -2.54. The number of benzene rings is 2. The van der Waals surface area contributed by atoms with Gasteiger partial charge in [-0.15, -0.1) is 0 Å². The third-order valence-corrected chi connectivity index (χ3v) is 10.8. The molecule has 60 heavy (non-hydrogen) atoms. The fourth-order valence-corrected chi connectivity index (χ4v) is 7.60. The number of carbonyl (C=O) groups excluding carboxylic acids is 4. The van der Waals surface area contributed by atoms with Gasteiger partial charge in [0.1, 0.15) is 48.7 Å². The Kier molecular flexibility index (Phi) is 10.1. The van der Waals surface area contributed by atoms with Crippen LogP contribution in [-0.2, 0) is 21.4 Å². The number of rotatable bonds is 11. The van der Waals surface area contributed by atoms with Gasteiger partial charge in [0.2, 0.25) is 23.4 Å². The van der Waals surface area contributed by atoms with Crippen molar-refractivity contribution >= 4 is 51.1 Å². The van der Waals surface area contributed by atoms with Crippen molar-refractivity contribution in [3.63, 3.8) is 0 Å². The van der Waals surface area contributed by atoms with Gasteiger partial charge >= 0.3 is 0 Å². The first-order valence-corrected chi connectivity index (χ1v) is 19.3. The number of aryl methyl sites for hydroxylation is 1. The molecular weight excluding hydrogens is 767 g/mol. The summed E-state index contributed by atoms with van der Waals surface area (Å²) in [4.78, 5) is 67.4. The number of hydrogen-bond acceptors (Lipinski definition) is 11. The summed E-state index contributed by atoms with van der Waals surface area (Å²) < 4.78 is 25.6. The maximum Gasteiger partial charge on any atom is 0.262 e. The van der Waals surface area contributed by atoms with Crippen molar-refractivity contribution in [3.8, 4) is 40.3 Å². The van der Waals surface area contributed by atoms with Gasteiger partial charge in [-0.3, -0.25) is 34.4 Å². The Morgan fingerprint density at radius 1 is 0.850 bits per heavy atom. The molecule has 1 aliphatic carbocycles. The first-order valence-electron chi connectivity index (χ1n) is 19.3. The van der Waals surface area contributed by atoms with E-state index in [1.54, 1.807) is 18.3 Å². The van der Waals surface area contributed by atoms with Crippen LogP contribution in [0.3, 0.4) is 0 Å². The standard InChI is InChI=1S/C45H35N7O8/c1-46-36-19-28(4-3-15-57-16-17-58-29-7-9-33-34(22-29)45(56)52(44(33)55)38-10-11-41(53)50-43(38)54)48-25-40(36)59-30-20-31(21-30)60-42-12-6-27(23-49-42)26-5-8-32-35-24-47-14-13-37(35)51(2)39(32)18-26/h5-9,12-14,18-19,22-25,30-31,38H,10-11,15-17,20-21H2,2H3,(H,50,53,54). The minimum Gasteiger partial charge on any atom is -0.500 e. The summed E-state index contributed by atoms with van der Waals surface area (Å²) in [6.07, 6.45) is 8.26. The number of piperidine rings is 1. The van der Waals surface area contributed by atoms with Crippen LogP contribution in [0, 0.1) is 18.4 Å². The number of aromatic nitrogens is 4. The summed E-state index contributed by atoms with van der Waals surface area (Å²) in [5.74, 6) is 4.75. The van der Waals surface area contributed by atoms with Crippen molar-refractivity contribution in [1.82, 2.24) is 29.7 Å². The number of carbonyl (C=O) groups is 4. The van der Waals surface area contributed by atoms with E-state index in [-0.39, 0.29) is 56.0 Å². The second kappa shape index (κ2) is 16.0. The van der Waals surface area contributed by atoms with E-state index in [1.165, 1.54) is 18.3 Å². The summed E-state index contributed by atoms with van der Waals surface area (Å²) in [6.45, 7) is 8.07.